The van der Waals surface area contributed by atoms with Crippen molar-refractivity contribution < 1.29 is 4.74 Å². The van der Waals surface area contributed by atoms with Crippen LogP contribution in [0, 0.1) is 0 Å². The van der Waals surface area contributed by atoms with Crippen molar-refractivity contribution >= 4 is 11.0 Å². The van der Waals surface area contributed by atoms with Crippen LogP contribution in [-0.2, 0) is 6.42 Å². The molecule has 4 rings (SSSR count). The number of aromatic nitrogens is 5. The van der Waals surface area contributed by atoms with Gasteiger partial charge in [0.05, 0.1) is 30.8 Å². The fourth-order valence-electron chi connectivity index (χ4n) is 3.04. The number of methoxy groups -OCH3 is 1. The Hall–Kier alpha value is -3.28. The van der Waals surface area contributed by atoms with Crippen molar-refractivity contribution in [1.82, 2.24) is 24.5 Å². The molecule has 0 radical (unpaired) electrons. The fraction of sp³-hybridized carbons (Fsp3) is 0.238. The molecule has 0 aliphatic heterocycles. The van der Waals surface area contributed by atoms with E-state index in [0.29, 0.717) is 18.3 Å². The van der Waals surface area contributed by atoms with Gasteiger partial charge in [-0.2, -0.15) is 0 Å². The van der Waals surface area contributed by atoms with Crippen LogP contribution in [-0.4, -0.2) is 31.6 Å². The number of pyridine rings is 1. The van der Waals surface area contributed by atoms with E-state index in [2.05, 4.69) is 39.4 Å². The van der Waals surface area contributed by atoms with Gasteiger partial charge in [0, 0.05) is 29.9 Å². The molecular formula is C21H21N5O. The Balaban J connectivity index is 1.62. The molecule has 1 aromatic carbocycles. The lowest BCUT2D eigenvalue weighted by atomic mass is 10.1. The average Bonchev–Trinajstić information content (AvgIpc) is 3.12. The number of nitrogens with zero attached hydrogens (tertiary/aromatic N) is 5. The molecule has 0 N–H and O–H groups in total. The summed E-state index contributed by atoms with van der Waals surface area (Å²) in [4.78, 5) is 18.1. The van der Waals surface area contributed by atoms with E-state index in [-0.39, 0.29) is 0 Å². The number of rotatable bonds is 5. The molecule has 3 aromatic heterocycles. The van der Waals surface area contributed by atoms with Gasteiger partial charge in [0.15, 0.2) is 5.82 Å². The van der Waals surface area contributed by atoms with Crippen molar-refractivity contribution in [3.05, 3.63) is 66.5 Å². The van der Waals surface area contributed by atoms with Crippen LogP contribution in [0.15, 0.2) is 55.1 Å². The third kappa shape index (κ3) is 3.51. The first-order valence-corrected chi connectivity index (χ1v) is 8.92. The monoisotopic (exact) mass is 359 g/mol. The molecular weight excluding hydrogens is 338 g/mol. The van der Waals surface area contributed by atoms with Gasteiger partial charge >= 0.3 is 0 Å². The highest BCUT2D eigenvalue weighted by atomic mass is 16.5. The number of fused-ring (bicyclic) bond motifs is 1. The Morgan fingerprint density at radius 1 is 1.00 bits per heavy atom. The van der Waals surface area contributed by atoms with E-state index >= 15 is 0 Å². The number of benzene rings is 1. The van der Waals surface area contributed by atoms with Crippen molar-refractivity contribution in [2.24, 2.45) is 0 Å². The Morgan fingerprint density at radius 2 is 1.81 bits per heavy atom. The van der Waals surface area contributed by atoms with Crippen LogP contribution in [0.5, 0.6) is 5.75 Å². The van der Waals surface area contributed by atoms with Gasteiger partial charge in [-0.15, -0.1) is 0 Å². The lowest BCUT2D eigenvalue weighted by Crippen LogP contribution is -2.01. The van der Waals surface area contributed by atoms with Crippen molar-refractivity contribution in [1.29, 1.82) is 0 Å². The number of imidazole rings is 1. The minimum atomic E-state index is 0.353. The molecule has 0 aliphatic carbocycles. The maximum atomic E-state index is 5.21. The van der Waals surface area contributed by atoms with Crippen LogP contribution in [0.3, 0.4) is 0 Å². The van der Waals surface area contributed by atoms with Crippen molar-refractivity contribution in [3.8, 4) is 17.1 Å². The molecule has 6 heteroatoms. The topological polar surface area (TPSA) is 65.7 Å². The number of hydrogen-bond acceptors (Lipinski definition) is 5. The van der Waals surface area contributed by atoms with Crippen LogP contribution in [0.1, 0.15) is 31.3 Å². The van der Waals surface area contributed by atoms with Crippen molar-refractivity contribution in [2.45, 2.75) is 26.3 Å². The Morgan fingerprint density at radius 3 is 2.56 bits per heavy atom. The van der Waals surface area contributed by atoms with Crippen LogP contribution >= 0.6 is 0 Å². The zero-order valence-electron chi connectivity index (χ0n) is 15.6. The molecule has 0 unspecified atom stereocenters. The molecule has 0 amide bonds. The zero-order valence-corrected chi connectivity index (χ0v) is 15.6. The first-order chi connectivity index (χ1) is 13.1. The normalized spacial score (nSPS) is 11.3. The van der Waals surface area contributed by atoms with Gasteiger partial charge in [0.2, 0.25) is 0 Å². The summed E-state index contributed by atoms with van der Waals surface area (Å²) >= 11 is 0. The Kier molecular flexibility index (Phi) is 4.54. The zero-order chi connectivity index (χ0) is 18.8. The first kappa shape index (κ1) is 17.1. The SMILES string of the molecule is COc1ccc(-c2nccc(Cc3cc4c(cn3)ncn4C(C)C)n2)cc1. The quantitative estimate of drug-likeness (QED) is 0.537. The number of hydrogen-bond donors (Lipinski definition) is 0. The summed E-state index contributed by atoms with van der Waals surface area (Å²) in [6.07, 6.45) is 6.13. The predicted molar refractivity (Wildman–Crippen MR) is 105 cm³/mol. The summed E-state index contributed by atoms with van der Waals surface area (Å²) in [5.74, 6) is 1.51. The van der Waals surface area contributed by atoms with Crippen LogP contribution in [0.2, 0.25) is 0 Å². The molecule has 27 heavy (non-hydrogen) atoms. The fourth-order valence-corrected chi connectivity index (χ4v) is 3.04. The third-order valence-corrected chi connectivity index (χ3v) is 4.50. The standard InChI is InChI=1S/C21H21N5O/c1-14(2)26-13-24-19-12-23-17(11-20(19)26)10-16-8-9-22-21(25-16)15-4-6-18(27-3)7-5-15/h4-9,11-14H,10H2,1-3H3. The van der Waals surface area contributed by atoms with Crippen LogP contribution < -0.4 is 4.74 Å². The number of ether oxygens (including phenoxy) is 1. The van der Waals surface area contributed by atoms with Crippen LogP contribution in [0.25, 0.3) is 22.4 Å². The molecule has 0 aliphatic rings. The minimum absolute atomic E-state index is 0.353. The summed E-state index contributed by atoms with van der Waals surface area (Å²) in [6, 6.07) is 12.1. The van der Waals surface area contributed by atoms with Crippen molar-refractivity contribution in [2.75, 3.05) is 7.11 Å². The summed E-state index contributed by atoms with van der Waals surface area (Å²) in [6.45, 7) is 4.29. The molecule has 136 valence electrons. The van der Waals surface area contributed by atoms with Gasteiger partial charge in [-0.05, 0) is 50.2 Å². The lowest BCUT2D eigenvalue weighted by molar-refractivity contribution is 0.415. The highest BCUT2D eigenvalue weighted by Gasteiger charge is 2.09. The highest BCUT2D eigenvalue weighted by Crippen LogP contribution is 2.21. The molecule has 0 spiro atoms. The summed E-state index contributed by atoms with van der Waals surface area (Å²) in [5, 5.41) is 0. The van der Waals surface area contributed by atoms with E-state index in [0.717, 1.165) is 33.7 Å². The first-order valence-electron chi connectivity index (χ1n) is 8.92. The molecule has 3 heterocycles. The highest BCUT2D eigenvalue weighted by molar-refractivity contribution is 5.74. The van der Waals surface area contributed by atoms with E-state index in [4.69, 9.17) is 9.72 Å². The molecule has 6 nitrogen and oxygen atoms in total. The molecule has 4 aromatic rings. The van der Waals surface area contributed by atoms with E-state index in [1.165, 1.54) is 0 Å². The Bertz CT molecular complexity index is 1070. The second-order valence-electron chi connectivity index (χ2n) is 6.69. The summed E-state index contributed by atoms with van der Waals surface area (Å²) < 4.78 is 7.36. The van der Waals surface area contributed by atoms with Crippen LogP contribution in [0.4, 0.5) is 0 Å². The Labute approximate surface area is 157 Å². The second kappa shape index (κ2) is 7.15. The maximum Gasteiger partial charge on any atom is 0.159 e. The van der Waals surface area contributed by atoms with Gasteiger partial charge in [-0.25, -0.2) is 15.0 Å². The van der Waals surface area contributed by atoms with Gasteiger partial charge < -0.3 is 9.30 Å². The predicted octanol–water partition coefficient (Wildman–Crippen LogP) is 4.07. The largest absolute Gasteiger partial charge is 0.497 e. The van der Waals surface area contributed by atoms with Gasteiger partial charge in [-0.3, -0.25) is 4.98 Å². The average molecular weight is 359 g/mol. The second-order valence-corrected chi connectivity index (χ2v) is 6.69. The van der Waals surface area contributed by atoms with E-state index in [1.807, 2.05) is 42.9 Å². The van der Waals surface area contributed by atoms with E-state index < -0.39 is 0 Å². The minimum Gasteiger partial charge on any atom is -0.497 e. The van der Waals surface area contributed by atoms with E-state index in [1.54, 1.807) is 13.3 Å². The maximum absolute atomic E-state index is 5.21. The summed E-state index contributed by atoms with van der Waals surface area (Å²) in [7, 11) is 1.65. The third-order valence-electron chi connectivity index (χ3n) is 4.50. The van der Waals surface area contributed by atoms with Crippen molar-refractivity contribution in [3.63, 3.8) is 0 Å². The van der Waals surface area contributed by atoms with Gasteiger partial charge in [0.25, 0.3) is 0 Å². The smallest absolute Gasteiger partial charge is 0.159 e. The molecule has 0 bridgehead atoms. The molecule has 0 saturated carbocycles. The molecule has 0 saturated heterocycles. The lowest BCUT2D eigenvalue weighted by Gasteiger charge is -2.09. The van der Waals surface area contributed by atoms with E-state index in [9.17, 15) is 0 Å². The molecule has 0 fully saturated rings. The van der Waals surface area contributed by atoms with Gasteiger partial charge in [-0.1, -0.05) is 0 Å². The molecule has 0 atom stereocenters. The summed E-state index contributed by atoms with van der Waals surface area (Å²) in [5.41, 5.74) is 4.86. The van der Waals surface area contributed by atoms with Gasteiger partial charge in [0.1, 0.15) is 11.3 Å².